The molecule has 1 rings (SSSR count). The van der Waals surface area contributed by atoms with Crippen molar-refractivity contribution in [2.75, 3.05) is 7.11 Å². The molecule has 0 saturated carbocycles. The highest BCUT2D eigenvalue weighted by molar-refractivity contribution is 7.10. The lowest BCUT2D eigenvalue weighted by Gasteiger charge is -2.04. The fourth-order valence-electron chi connectivity index (χ4n) is 0.716. The molecule has 0 saturated heterocycles. The highest BCUT2D eigenvalue weighted by atomic mass is 31.0. The molecule has 0 N–H and O–H groups in total. The minimum absolute atomic E-state index is 0.731. The van der Waals surface area contributed by atoms with Gasteiger partial charge in [-0.05, 0) is 12.1 Å². The number of para-hydroxylation sites is 2. The molecule has 10 heavy (non-hydrogen) atoms. The number of ether oxygens (including phenoxy) is 1. The van der Waals surface area contributed by atoms with Crippen molar-refractivity contribution in [3.05, 3.63) is 24.3 Å². The van der Waals surface area contributed by atoms with Crippen LogP contribution in [0.2, 0.25) is 0 Å². The van der Waals surface area contributed by atoms with Crippen molar-refractivity contribution in [1.29, 1.82) is 0 Å². The van der Waals surface area contributed by atoms with Crippen molar-refractivity contribution in [3.63, 3.8) is 0 Å². The highest BCUT2D eigenvalue weighted by Crippen LogP contribution is 2.26. The third-order valence-corrected chi connectivity index (χ3v) is 1.45. The van der Waals surface area contributed by atoms with Gasteiger partial charge in [-0.25, -0.2) is 0 Å². The molecule has 54 valence electrons. The van der Waals surface area contributed by atoms with Crippen LogP contribution in [-0.2, 0) is 0 Å². The van der Waals surface area contributed by atoms with Crippen molar-refractivity contribution in [2.45, 2.75) is 0 Å². The summed E-state index contributed by atoms with van der Waals surface area (Å²) in [5.74, 6) is 1.48. The van der Waals surface area contributed by atoms with Crippen LogP contribution >= 0.6 is 9.47 Å². The molecular weight excluding hydrogens is 147 g/mol. The molecule has 0 aliphatic rings. The van der Waals surface area contributed by atoms with Gasteiger partial charge in [0.1, 0.15) is 0 Å². The summed E-state index contributed by atoms with van der Waals surface area (Å²) in [6.45, 7) is 0. The second-order valence-corrected chi connectivity index (χ2v) is 2.00. The molecule has 0 aromatic heterocycles. The number of methoxy groups -OCH3 is 1. The summed E-state index contributed by atoms with van der Waals surface area (Å²) in [6.07, 6.45) is 0. The molecule has 1 atom stereocenters. The number of benzene rings is 1. The van der Waals surface area contributed by atoms with Gasteiger partial charge in [0, 0.05) is 0 Å². The molecule has 0 fully saturated rings. The standard InChI is InChI=1S/C7H9O2P/c1-8-6-4-2-3-5-7(6)9-10/h2-5H,10H2,1H3. The molecule has 1 unspecified atom stereocenters. The predicted molar refractivity (Wildman–Crippen MR) is 43.3 cm³/mol. The summed E-state index contributed by atoms with van der Waals surface area (Å²) in [7, 11) is 3.79. The quantitative estimate of drug-likeness (QED) is 0.608. The van der Waals surface area contributed by atoms with E-state index in [1.807, 2.05) is 24.3 Å². The van der Waals surface area contributed by atoms with Crippen LogP contribution in [0.25, 0.3) is 0 Å². The van der Waals surface area contributed by atoms with Crippen molar-refractivity contribution in [1.82, 2.24) is 0 Å². The molecule has 0 radical (unpaired) electrons. The first-order valence-corrected chi connectivity index (χ1v) is 3.35. The predicted octanol–water partition coefficient (Wildman–Crippen LogP) is 1.86. The second-order valence-electron chi connectivity index (χ2n) is 1.77. The Morgan fingerprint density at radius 1 is 1.20 bits per heavy atom. The Hall–Kier alpha value is -0.750. The molecule has 0 aliphatic carbocycles. The summed E-state index contributed by atoms with van der Waals surface area (Å²) >= 11 is 0. The minimum Gasteiger partial charge on any atom is -0.493 e. The van der Waals surface area contributed by atoms with Crippen LogP contribution in [0.1, 0.15) is 0 Å². The molecule has 1 aromatic carbocycles. The van der Waals surface area contributed by atoms with E-state index in [0.29, 0.717) is 0 Å². The van der Waals surface area contributed by atoms with Crippen LogP contribution in [0, 0.1) is 0 Å². The first-order valence-electron chi connectivity index (χ1n) is 2.88. The maximum Gasteiger partial charge on any atom is 0.164 e. The van der Waals surface area contributed by atoms with Gasteiger partial charge < -0.3 is 9.26 Å². The lowest BCUT2D eigenvalue weighted by molar-refractivity contribution is 0.399. The van der Waals surface area contributed by atoms with Gasteiger partial charge in [-0.15, -0.1) is 0 Å². The van der Waals surface area contributed by atoms with Crippen LogP contribution in [0.15, 0.2) is 24.3 Å². The van der Waals surface area contributed by atoms with Crippen LogP contribution in [0.4, 0.5) is 0 Å². The van der Waals surface area contributed by atoms with Gasteiger partial charge >= 0.3 is 0 Å². The summed E-state index contributed by atoms with van der Waals surface area (Å²) in [6, 6.07) is 7.47. The van der Waals surface area contributed by atoms with Gasteiger partial charge in [0.2, 0.25) is 0 Å². The van der Waals surface area contributed by atoms with Gasteiger partial charge in [0.05, 0.1) is 16.6 Å². The SMILES string of the molecule is COc1ccccc1OP. The van der Waals surface area contributed by atoms with Gasteiger partial charge in [-0.1, -0.05) is 12.1 Å². The zero-order valence-electron chi connectivity index (χ0n) is 5.70. The summed E-state index contributed by atoms with van der Waals surface area (Å²) in [5.41, 5.74) is 0. The number of rotatable bonds is 2. The maximum atomic E-state index is 5.00. The van der Waals surface area contributed by atoms with Crippen molar-refractivity contribution >= 4 is 9.47 Å². The molecule has 3 heteroatoms. The van der Waals surface area contributed by atoms with E-state index in [-0.39, 0.29) is 0 Å². The average molecular weight is 156 g/mol. The Morgan fingerprint density at radius 3 is 2.20 bits per heavy atom. The van der Waals surface area contributed by atoms with E-state index in [0.717, 1.165) is 11.5 Å². The van der Waals surface area contributed by atoms with E-state index in [4.69, 9.17) is 9.26 Å². The summed E-state index contributed by atoms with van der Waals surface area (Å²) < 4.78 is 9.93. The zero-order valence-corrected chi connectivity index (χ0v) is 6.86. The number of hydrogen-bond acceptors (Lipinski definition) is 2. The fourth-order valence-corrected chi connectivity index (χ4v) is 0.911. The van der Waals surface area contributed by atoms with E-state index in [2.05, 4.69) is 9.47 Å². The Balaban J connectivity index is 2.96. The Labute approximate surface area is 62.4 Å². The Kier molecular flexibility index (Phi) is 2.52. The van der Waals surface area contributed by atoms with Crippen LogP contribution in [-0.4, -0.2) is 7.11 Å². The molecule has 0 aliphatic heterocycles. The first-order chi connectivity index (χ1) is 4.88. The second kappa shape index (κ2) is 3.43. The van der Waals surface area contributed by atoms with E-state index < -0.39 is 0 Å². The van der Waals surface area contributed by atoms with Crippen molar-refractivity contribution < 1.29 is 9.26 Å². The molecular formula is C7H9O2P. The largest absolute Gasteiger partial charge is 0.493 e. The van der Waals surface area contributed by atoms with Gasteiger partial charge in [-0.2, -0.15) is 0 Å². The van der Waals surface area contributed by atoms with Crippen LogP contribution in [0.3, 0.4) is 0 Å². The van der Waals surface area contributed by atoms with E-state index in [9.17, 15) is 0 Å². The summed E-state index contributed by atoms with van der Waals surface area (Å²) in [5, 5.41) is 0. The molecule has 1 aromatic rings. The lowest BCUT2D eigenvalue weighted by atomic mass is 10.3. The molecule has 0 amide bonds. The van der Waals surface area contributed by atoms with Crippen molar-refractivity contribution in [3.8, 4) is 11.5 Å². The molecule has 0 bridgehead atoms. The molecule has 0 spiro atoms. The van der Waals surface area contributed by atoms with E-state index in [1.165, 1.54) is 0 Å². The monoisotopic (exact) mass is 156 g/mol. The third kappa shape index (κ3) is 1.39. The van der Waals surface area contributed by atoms with E-state index in [1.54, 1.807) is 7.11 Å². The van der Waals surface area contributed by atoms with Gasteiger partial charge in [0.15, 0.2) is 11.5 Å². The molecule has 0 heterocycles. The fraction of sp³-hybridized carbons (Fsp3) is 0.143. The van der Waals surface area contributed by atoms with Crippen LogP contribution < -0.4 is 9.26 Å². The normalized spacial score (nSPS) is 9.00. The minimum atomic E-state index is 0.731. The Morgan fingerprint density at radius 2 is 1.80 bits per heavy atom. The summed E-state index contributed by atoms with van der Waals surface area (Å²) in [4.78, 5) is 0. The smallest absolute Gasteiger partial charge is 0.164 e. The lowest BCUT2D eigenvalue weighted by Crippen LogP contribution is -1.84. The van der Waals surface area contributed by atoms with Crippen LogP contribution in [0.5, 0.6) is 11.5 Å². The highest BCUT2D eigenvalue weighted by Gasteiger charge is 1.97. The Bertz CT molecular complexity index is 190. The third-order valence-electron chi connectivity index (χ3n) is 1.20. The first kappa shape index (κ1) is 7.36. The topological polar surface area (TPSA) is 18.5 Å². The van der Waals surface area contributed by atoms with E-state index >= 15 is 0 Å². The zero-order chi connectivity index (χ0) is 7.40. The maximum absolute atomic E-state index is 5.00. The number of hydrogen-bond donors (Lipinski definition) is 0. The van der Waals surface area contributed by atoms with Gasteiger partial charge in [-0.3, -0.25) is 0 Å². The van der Waals surface area contributed by atoms with Gasteiger partial charge in [0.25, 0.3) is 0 Å². The average Bonchev–Trinajstić information content (AvgIpc) is 2.04. The van der Waals surface area contributed by atoms with Crippen molar-refractivity contribution in [2.24, 2.45) is 0 Å². The molecule has 2 nitrogen and oxygen atoms in total.